The minimum absolute atomic E-state index is 0.131. The summed E-state index contributed by atoms with van der Waals surface area (Å²) in [6, 6.07) is 0. The first-order chi connectivity index (χ1) is 8.57. The first-order valence-corrected chi connectivity index (χ1v) is 8.19. The standard InChI is InChI=1S/C11H22N4O2S/c1-3-5-12-9-11-13-10-15(14-11)6-8-18(16,17)7-4-2/h10,12H,3-9H2,1-2H3. The number of nitrogens with one attached hydrogen (secondary N) is 1. The third kappa shape index (κ3) is 5.59. The molecule has 0 radical (unpaired) electrons. The summed E-state index contributed by atoms with van der Waals surface area (Å²) in [6.07, 6.45) is 3.31. The van der Waals surface area contributed by atoms with Gasteiger partial charge in [-0.2, -0.15) is 5.10 Å². The maximum atomic E-state index is 11.5. The number of aryl methyl sites for hydroxylation is 1. The SMILES string of the molecule is CCCNCc1ncn(CCS(=O)(=O)CCC)n1. The van der Waals surface area contributed by atoms with Crippen LogP contribution in [0.15, 0.2) is 6.33 Å². The summed E-state index contributed by atoms with van der Waals surface area (Å²) in [5.74, 6) is 1.08. The van der Waals surface area contributed by atoms with Crippen molar-refractivity contribution in [2.75, 3.05) is 18.1 Å². The molecule has 6 nitrogen and oxygen atoms in total. The van der Waals surface area contributed by atoms with Crippen molar-refractivity contribution in [3.63, 3.8) is 0 Å². The van der Waals surface area contributed by atoms with Crippen molar-refractivity contribution >= 4 is 9.84 Å². The van der Waals surface area contributed by atoms with Crippen LogP contribution in [0.4, 0.5) is 0 Å². The highest BCUT2D eigenvalue weighted by atomic mass is 32.2. The molecule has 0 unspecified atom stereocenters. The molecule has 0 aromatic carbocycles. The lowest BCUT2D eigenvalue weighted by Crippen LogP contribution is -2.17. The van der Waals surface area contributed by atoms with Gasteiger partial charge >= 0.3 is 0 Å². The molecular weight excluding hydrogens is 252 g/mol. The molecule has 1 aromatic heterocycles. The molecule has 1 heterocycles. The van der Waals surface area contributed by atoms with Crippen LogP contribution in [0.25, 0.3) is 0 Å². The van der Waals surface area contributed by atoms with E-state index in [0.29, 0.717) is 25.3 Å². The van der Waals surface area contributed by atoms with Crippen molar-refractivity contribution in [3.05, 3.63) is 12.2 Å². The van der Waals surface area contributed by atoms with Gasteiger partial charge in [0.05, 0.1) is 18.8 Å². The summed E-state index contributed by atoms with van der Waals surface area (Å²) in [5, 5.41) is 7.42. The predicted molar refractivity (Wildman–Crippen MR) is 71.0 cm³/mol. The molecule has 0 atom stereocenters. The van der Waals surface area contributed by atoms with E-state index in [-0.39, 0.29) is 11.5 Å². The largest absolute Gasteiger partial charge is 0.310 e. The van der Waals surface area contributed by atoms with Crippen LogP contribution in [0.1, 0.15) is 32.5 Å². The van der Waals surface area contributed by atoms with Crippen molar-refractivity contribution < 1.29 is 8.42 Å². The summed E-state index contributed by atoms with van der Waals surface area (Å²) in [7, 11) is -2.95. The van der Waals surface area contributed by atoms with Crippen LogP contribution in [-0.4, -0.2) is 41.2 Å². The van der Waals surface area contributed by atoms with Crippen molar-refractivity contribution in [1.82, 2.24) is 20.1 Å². The topological polar surface area (TPSA) is 76.9 Å². The van der Waals surface area contributed by atoms with Gasteiger partial charge in [-0.25, -0.2) is 13.4 Å². The van der Waals surface area contributed by atoms with Gasteiger partial charge in [-0.3, -0.25) is 4.68 Å². The molecule has 0 fully saturated rings. The van der Waals surface area contributed by atoms with Crippen LogP contribution in [0.2, 0.25) is 0 Å². The highest BCUT2D eigenvalue weighted by molar-refractivity contribution is 7.91. The van der Waals surface area contributed by atoms with E-state index >= 15 is 0 Å². The van der Waals surface area contributed by atoms with Crippen LogP contribution < -0.4 is 5.32 Å². The van der Waals surface area contributed by atoms with E-state index in [1.165, 1.54) is 0 Å². The monoisotopic (exact) mass is 274 g/mol. The Bertz CT molecular complexity index is 442. The number of hydrogen-bond donors (Lipinski definition) is 1. The van der Waals surface area contributed by atoms with Crippen molar-refractivity contribution in [2.24, 2.45) is 0 Å². The molecule has 0 aliphatic carbocycles. The Kier molecular flexibility index (Phi) is 6.28. The number of sulfone groups is 1. The molecule has 7 heteroatoms. The van der Waals surface area contributed by atoms with Gasteiger partial charge in [0.1, 0.15) is 6.33 Å². The van der Waals surface area contributed by atoms with Gasteiger partial charge in [0.15, 0.2) is 15.7 Å². The van der Waals surface area contributed by atoms with E-state index in [0.717, 1.165) is 13.0 Å². The minimum Gasteiger partial charge on any atom is -0.310 e. The Labute approximate surface area is 109 Å². The fourth-order valence-electron chi connectivity index (χ4n) is 1.54. The lowest BCUT2D eigenvalue weighted by atomic mass is 10.5. The lowest BCUT2D eigenvalue weighted by Gasteiger charge is -2.02. The molecule has 0 saturated carbocycles. The van der Waals surface area contributed by atoms with Crippen molar-refractivity contribution in [1.29, 1.82) is 0 Å². The first kappa shape index (κ1) is 15.1. The number of nitrogens with zero attached hydrogens (tertiary/aromatic N) is 3. The van der Waals surface area contributed by atoms with E-state index in [2.05, 4.69) is 22.3 Å². The third-order valence-corrected chi connectivity index (χ3v) is 4.28. The number of rotatable bonds is 9. The highest BCUT2D eigenvalue weighted by Gasteiger charge is 2.10. The van der Waals surface area contributed by atoms with Gasteiger partial charge in [0.25, 0.3) is 0 Å². The Morgan fingerprint density at radius 1 is 1.28 bits per heavy atom. The molecule has 0 spiro atoms. The normalized spacial score (nSPS) is 11.9. The molecule has 0 aliphatic heterocycles. The second-order valence-electron chi connectivity index (χ2n) is 4.25. The Morgan fingerprint density at radius 3 is 2.72 bits per heavy atom. The quantitative estimate of drug-likeness (QED) is 0.667. The average Bonchev–Trinajstić information content (AvgIpc) is 2.75. The zero-order valence-electron chi connectivity index (χ0n) is 11.1. The summed E-state index contributed by atoms with van der Waals surface area (Å²) in [5.41, 5.74) is 0. The van der Waals surface area contributed by atoms with Gasteiger partial charge in [-0.1, -0.05) is 13.8 Å². The van der Waals surface area contributed by atoms with E-state index in [1.54, 1.807) is 11.0 Å². The second kappa shape index (κ2) is 7.48. The van der Waals surface area contributed by atoms with Gasteiger partial charge in [0, 0.05) is 5.75 Å². The van der Waals surface area contributed by atoms with Gasteiger partial charge in [0.2, 0.25) is 0 Å². The number of aromatic nitrogens is 3. The summed E-state index contributed by atoms with van der Waals surface area (Å²) < 4.78 is 24.7. The minimum atomic E-state index is -2.95. The fourth-order valence-corrected chi connectivity index (χ4v) is 2.84. The van der Waals surface area contributed by atoms with Gasteiger partial charge in [-0.15, -0.1) is 0 Å². The van der Waals surface area contributed by atoms with Gasteiger partial charge in [-0.05, 0) is 19.4 Å². The third-order valence-electron chi connectivity index (χ3n) is 2.44. The van der Waals surface area contributed by atoms with Crippen LogP contribution in [0.5, 0.6) is 0 Å². The molecule has 1 N–H and O–H groups in total. The average molecular weight is 274 g/mol. The van der Waals surface area contributed by atoms with Crippen molar-refractivity contribution in [2.45, 2.75) is 39.8 Å². The highest BCUT2D eigenvalue weighted by Crippen LogP contribution is 1.97. The van der Waals surface area contributed by atoms with Crippen molar-refractivity contribution in [3.8, 4) is 0 Å². The lowest BCUT2D eigenvalue weighted by molar-refractivity contribution is 0.575. The molecule has 0 amide bonds. The Hall–Kier alpha value is -0.950. The van der Waals surface area contributed by atoms with Crippen LogP contribution in [-0.2, 0) is 22.9 Å². The zero-order valence-corrected chi connectivity index (χ0v) is 11.9. The van der Waals surface area contributed by atoms with Gasteiger partial charge < -0.3 is 5.32 Å². The molecule has 0 saturated heterocycles. The summed E-state index contributed by atoms with van der Waals surface area (Å²) in [6.45, 7) is 5.90. The smallest absolute Gasteiger partial charge is 0.164 e. The van der Waals surface area contributed by atoms with E-state index in [1.807, 2.05) is 6.92 Å². The molecule has 0 aliphatic rings. The number of hydrogen-bond acceptors (Lipinski definition) is 5. The zero-order chi connectivity index (χ0) is 13.4. The van der Waals surface area contributed by atoms with E-state index in [4.69, 9.17) is 0 Å². The van der Waals surface area contributed by atoms with Crippen LogP contribution in [0.3, 0.4) is 0 Å². The fraction of sp³-hybridized carbons (Fsp3) is 0.818. The molecule has 18 heavy (non-hydrogen) atoms. The van der Waals surface area contributed by atoms with Crippen LogP contribution in [0, 0.1) is 0 Å². The summed E-state index contributed by atoms with van der Waals surface area (Å²) >= 11 is 0. The van der Waals surface area contributed by atoms with E-state index in [9.17, 15) is 8.42 Å². The molecule has 1 aromatic rings. The van der Waals surface area contributed by atoms with E-state index < -0.39 is 9.84 Å². The molecule has 104 valence electrons. The molecular formula is C11H22N4O2S. The molecule has 1 rings (SSSR count). The Morgan fingerprint density at radius 2 is 2.06 bits per heavy atom. The second-order valence-corrected chi connectivity index (χ2v) is 6.56. The van der Waals surface area contributed by atoms with Crippen LogP contribution >= 0.6 is 0 Å². The molecule has 0 bridgehead atoms. The first-order valence-electron chi connectivity index (χ1n) is 6.37. The maximum absolute atomic E-state index is 11.5. The maximum Gasteiger partial charge on any atom is 0.164 e. The summed E-state index contributed by atoms with van der Waals surface area (Å²) in [4.78, 5) is 4.13. The predicted octanol–water partition coefficient (Wildman–Crippen LogP) is 0.603. The Balaban J connectivity index is 2.39.